The molecule has 1 saturated carbocycles. The molecule has 1 N–H and O–H groups in total. The summed E-state index contributed by atoms with van der Waals surface area (Å²) in [6, 6.07) is 7.14. The highest BCUT2D eigenvalue weighted by molar-refractivity contribution is 6.33. The summed E-state index contributed by atoms with van der Waals surface area (Å²) in [7, 11) is 0. The van der Waals surface area contributed by atoms with E-state index in [1.54, 1.807) is 12.1 Å². The molecular formula is C17H22ClNO3. The molecule has 1 aromatic rings. The van der Waals surface area contributed by atoms with Crippen molar-refractivity contribution in [3.8, 4) is 0 Å². The lowest BCUT2D eigenvalue weighted by molar-refractivity contribution is -0.207. The highest BCUT2D eigenvalue weighted by atomic mass is 35.5. The van der Waals surface area contributed by atoms with Crippen LogP contribution in [-0.2, 0) is 4.74 Å². The molecule has 2 unspecified atom stereocenters. The quantitative estimate of drug-likeness (QED) is 0.930. The summed E-state index contributed by atoms with van der Waals surface area (Å²) in [4.78, 5) is 14.4. The number of piperidine rings is 1. The average molecular weight is 324 g/mol. The number of aliphatic hydroxyl groups excluding tert-OH is 1. The molecule has 4 nitrogen and oxygen atoms in total. The highest BCUT2D eigenvalue weighted by Crippen LogP contribution is 2.51. The van der Waals surface area contributed by atoms with Gasteiger partial charge in [0.2, 0.25) is 0 Å². The number of carbonyl (C=O) groups excluding carboxylic acids is 1. The lowest BCUT2D eigenvalue weighted by atomic mass is 9.58. The maximum absolute atomic E-state index is 12.6. The minimum absolute atomic E-state index is 0.0257. The van der Waals surface area contributed by atoms with Gasteiger partial charge in [0.25, 0.3) is 5.91 Å². The molecule has 1 heterocycles. The molecule has 3 rings (SSSR count). The number of aliphatic hydroxyl groups is 1. The van der Waals surface area contributed by atoms with Crippen molar-refractivity contribution in [3.05, 3.63) is 34.9 Å². The van der Waals surface area contributed by atoms with Gasteiger partial charge < -0.3 is 14.7 Å². The Labute approximate surface area is 136 Å². The maximum atomic E-state index is 12.6. The molecule has 1 spiro atoms. The van der Waals surface area contributed by atoms with Crippen LogP contribution in [-0.4, -0.2) is 47.8 Å². The van der Waals surface area contributed by atoms with E-state index in [0.717, 1.165) is 12.8 Å². The summed E-state index contributed by atoms with van der Waals surface area (Å²) < 4.78 is 5.76. The molecule has 22 heavy (non-hydrogen) atoms. The third-order valence-electron chi connectivity index (χ3n) is 5.20. The molecule has 1 saturated heterocycles. The zero-order chi connectivity index (χ0) is 15.7. The normalized spacial score (nSPS) is 26.8. The molecule has 0 radical (unpaired) electrons. The van der Waals surface area contributed by atoms with Crippen molar-refractivity contribution in [2.75, 3.05) is 19.7 Å². The number of likely N-dealkylation sites (tertiary alicyclic amines) is 1. The van der Waals surface area contributed by atoms with E-state index in [1.807, 2.05) is 24.0 Å². The second-order valence-electron chi connectivity index (χ2n) is 6.20. The Bertz CT molecular complexity index is 553. The number of rotatable bonds is 3. The monoisotopic (exact) mass is 323 g/mol. The molecule has 0 aromatic heterocycles. The molecule has 2 fully saturated rings. The van der Waals surface area contributed by atoms with Crippen molar-refractivity contribution in [2.24, 2.45) is 5.41 Å². The second kappa shape index (κ2) is 6.19. The molecule has 1 aromatic carbocycles. The first-order valence-electron chi connectivity index (χ1n) is 7.92. The zero-order valence-electron chi connectivity index (χ0n) is 12.8. The first kappa shape index (κ1) is 15.8. The van der Waals surface area contributed by atoms with Gasteiger partial charge in [-0.15, -0.1) is 0 Å². The van der Waals surface area contributed by atoms with Gasteiger partial charge in [0.05, 0.1) is 22.8 Å². The van der Waals surface area contributed by atoms with E-state index in [4.69, 9.17) is 16.3 Å². The van der Waals surface area contributed by atoms with E-state index in [2.05, 4.69) is 0 Å². The molecule has 1 amide bonds. The predicted octanol–water partition coefficient (Wildman–Crippen LogP) is 2.73. The molecule has 120 valence electrons. The number of ether oxygens (including phenoxy) is 1. The first-order valence-corrected chi connectivity index (χ1v) is 8.30. The van der Waals surface area contributed by atoms with Gasteiger partial charge in [0.15, 0.2) is 0 Å². The van der Waals surface area contributed by atoms with E-state index < -0.39 is 0 Å². The Morgan fingerprint density at radius 3 is 2.68 bits per heavy atom. The lowest BCUT2D eigenvalue weighted by Gasteiger charge is -2.56. The Balaban J connectivity index is 1.67. The van der Waals surface area contributed by atoms with Crippen LogP contribution in [0.1, 0.15) is 36.5 Å². The van der Waals surface area contributed by atoms with Crippen LogP contribution >= 0.6 is 11.6 Å². The van der Waals surface area contributed by atoms with Crippen LogP contribution in [0.2, 0.25) is 5.02 Å². The fourth-order valence-corrected chi connectivity index (χ4v) is 3.96. The van der Waals surface area contributed by atoms with Gasteiger partial charge in [0.1, 0.15) is 0 Å². The summed E-state index contributed by atoms with van der Waals surface area (Å²) in [6.45, 7) is 3.94. The van der Waals surface area contributed by atoms with Gasteiger partial charge >= 0.3 is 0 Å². The fourth-order valence-electron chi connectivity index (χ4n) is 3.75. The third-order valence-corrected chi connectivity index (χ3v) is 5.53. The summed E-state index contributed by atoms with van der Waals surface area (Å²) in [5, 5.41) is 10.7. The van der Waals surface area contributed by atoms with Gasteiger partial charge in [-0.1, -0.05) is 23.7 Å². The third kappa shape index (κ3) is 2.53. The van der Waals surface area contributed by atoms with Crippen molar-refractivity contribution >= 4 is 17.5 Å². The van der Waals surface area contributed by atoms with Crippen molar-refractivity contribution < 1.29 is 14.6 Å². The van der Waals surface area contributed by atoms with Crippen LogP contribution < -0.4 is 0 Å². The highest BCUT2D eigenvalue weighted by Gasteiger charge is 2.56. The average Bonchev–Trinajstić information content (AvgIpc) is 2.55. The lowest BCUT2D eigenvalue weighted by Crippen LogP contribution is -2.62. The van der Waals surface area contributed by atoms with Crippen LogP contribution in [0, 0.1) is 5.41 Å². The standard InChI is InChI=1S/C17H22ClNO3/c1-2-22-15-11-14(20)17(15)7-9-19(10-8-17)16(21)12-5-3-4-6-13(12)18/h3-6,14-15,20H,2,7-11H2,1H3. The molecule has 0 bridgehead atoms. The van der Waals surface area contributed by atoms with Crippen molar-refractivity contribution in [3.63, 3.8) is 0 Å². The van der Waals surface area contributed by atoms with Crippen LogP contribution in [0.15, 0.2) is 24.3 Å². The Morgan fingerprint density at radius 1 is 1.41 bits per heavy atom. The van der Waals surface area contributed by atoms with Crippen molar-refractivity contribution in [1.82, 2.24) is 4.90 Å². The van der Waals surface area contributed by atoms with Crippen LogP contribution in [0.4, 0.5) is 0 Å². The predicted molar refractivity (Wildman–Crippen MR) is 85.1 cm³/mol. The van der Waals surface area contributed by atoms with E-state index in [-0.39, 0.29) is 23.5 Å². The fraction of sp³-hybridized carbons (Fsp3) is 0.588. The SMILES string of the molecule is CCOC1CC(O)C12CCN(C(=O)c1ccccc1Cl)CC2. The van der Waals surface area contributed by atoms with E-state index >= 15 is 0 Å². The molecular weight excluding hydrogens is 302 g/mol. The van der Waals surface area contributed by atoms with Crippen molar-refractivity contribution in [2.45, 2.75) is 38.4 Å². The number of benzene rings is 1. The summed E-state index contributed by atoms with van der Waals surface area (Å²) in [5.74, 6) is -0.0257. The first-order chi connectivity index (χ1) is 10.6. The number of carbonyl (C=O) groups is 1. The molecule has 2 atom stereocenters. The minimum atomic E-state index is -0.304. The van der Waals surface area contributed by atoms with Crippen LogP contribution in [0.5, 0.6) is 0 Å². The van der Waals surface area contributed by atoms with Crippen molar-refractivity contribution in [1.29, 1.82) is 0 Å². The number of amides is 1. The maximum Gasteiger partial charge on any atom is 0.255 e. The number of halogens is 1. The number of nitrogens with zero attached hydrogens (tertiary/aromatic N) is 1. The summed E-state index contributed by atoms with van der Waals surface area (Å²) in [6.07, 6.45) is 2.11. The summed E-state index contributed by atoms with van der Waals surface area (Å²) in [5.41, 5.74) is 0.392. The van der Waals surface area contributed by atoms with Gasteiger partial charge in [0, 0.05) is 31.5 Å². The molecule has 5 heteroatoms. The van der Waals surface area contributed by atoms with Gasteiger partial charge in [-0.2, -0.15) is 0 Å². The van der Waals surface area contributed by atoms with E-state index in [1.165, 1.54) is 0 Å². The van der Waals surface area contributed by atoms with E-state index in [0.29, 0.717) is 36.7 Å². The largest absolute Gasteiger partial charge is 0.392 e. The Kier molecular flexibility index (Phi) is 4.44. The topological polar surface area (TPSA) is 49.8 Å². The van der Waals surface area contributed by atoms with E-state index in [9.17, 15) is 9.90 Å². The van der Waals surface area contributed by atoms with Gasteiger partial charge in [-0.25, -0.2) is 0 Å². The zero-order valence-corrected chi connectivity index (χ0v) is 13.6. The number of hydrogen-bond donors (Lipinski definition) is 1. The minimum Gasteiger partial charge on any atom is -0.392 e. The van der Waals surface area contributed by atoms with Gasteiger partial charge in [-0.3, -0.25) is 4.79 Å². The second-order valence-corrected chi connectivity index (χ2v) is 6.61. The molecule has 2 aliphatic rings. The Hall–Kier alpha value is -1.10. The smallest absolute Gasteiger partial charge is 0.255 e. The van der Waals surface area contributed by atoms with Crippen LogP contribution in [0.3, 0.4) is 0 Å². The number of hydrogen-bond acceptors (Lipinski definition) is 3. The molecule has 1 aliphatic carbocycles. The molecule has 1 aliphatic heterocycles. The van der Waals surface area contributed by atoms with Gasteiger partial charge in [-0.05, 0) is 31.9 Å². The Morgan fingerprint density at radius 2 is 2.09 bits per heavy atom. The van der Waals surface area contributed by atoms with Crippen LogP contribution in [0.25, 0.3) is 0 Å². The summed E-state index contributed by atoms with van der Waals surface area (Å²) >= 11 is 6.11.